The second-order valence-corrected chi connectivity index (χ2v) is 9.21. The summed E-state index contributed by atoms with van der Waals surface area (Å²) in [5, 5.41) is 11.1. The van der Waals surface area contributed by atoms with Gasteiger partial charge in [-0.05, 0) is 23.8 Å². The Labute approximate surface area is 220 Å². The maximum Gasteiger partial charge on any atom is 0.328 e. The number of rotatable bonds is 7. The molecule has 188 valence electrons. The second-order valence-electron chi connectivity index (χ2n) is 8.39. The first-order valence-corrected chi connectivity index (χ1v) is 12.1. The molecule has 1 aliphatic heterocycles. The van der Waals surface area contributed by atoms with Crippen LogP contribution >= 0.6 is 23.2 Å². The van der Waals surface area contributed by atoms with Crippen molar-refractivity contribution >= 4 is 35.1 Å². The fourth-order valence-corrected chi connectivity index (χ4v) is 4.41. The molecule has 0 radical (unpaired) electrons. The topological polar surface area (TPSA) is 121 Å². The van der Waals surface area contributed by atoms with Crippen molar-refractivity contribution in [3.63, 3.8) is 0 Å². The molecular weight excluding hydrogens is 519 g/mol. The summed E-state index contributed by atoms with van der Waals surface area (Å²) in [5.41, 5.74) is 1.79. The van der Waals surface area contributed by atoms with Crippen molar-refractivity contribution < 1.29 is 14.3 Å². The molecule has 2 aromatic carbocycles. The largest absolute Gasteiger partial charge is 0.464 e. The molecule has 4 aromatic rings. The molecule has 1 N–H and O–H groups in total. The molecule has 2 atom stereocenters. The van der Waals surface area contributed by atoms with Crippen molar-refractivity contribution in [2.45, 2.75) is 24.9 Å². The van der Waals surface area contributed by atoms with Gasteiger partial charge in [-0.2, -0.15) is 0 Å². The summed E-state index contributed by atoms with van der Waals surface area (Å²) in [6.45, 7) is 0.238. The Kier molecular flexibility index (Phi) is 7.02. The fourth-order valence-electron chi connectivity index (χ4n) is 4.12. The maximum atomic E-state index is 13.4. The highest BCUT2D eigenvalue weighted by atomic mass is 35.5. The van der Waals surface area contributed by atoms with Crippen LogP contribution < -0.4 is 10.9 Å². The van der Waals surface area contributed by atoms with Crippen LogP contribution in [0.1, 0.15) is 18.0 Å². The van der Waals surface area contributed by atoms with E-state index in [-0.39, 0.29) is 18.2 Å². The Bertz CT molecular complexity index is 1520. The number of nitrogens with zero attached hydrogens (tertiary/aromatic N) is 5. The molecule has 1 saturated heterocycles. The van der Waals surface area contributed by atoms with E-state index in [4.69, 9.17) is 27.9 Å². The summed E-state index contributed by atoms with van der Waals surface area (Å²) in [7, 11) is 0. The predicted octanol–water partition coefficient (Wildman–Crippen LogP) is 3.01. The van der Waals surface area contributed by atoms with Gasteiger partial charge in [0.2, 0.25) is 5.91 Å². The molecule has 1 amide bonds. The highest BCUT2D eigenvalue weighted by molar-refractivity contribution is 6.31. The lowest BCUT2D eigenvalue weighted by atomic mass is 10.0. The van der Waals surface area contributed by atoms with Gasteiger partial charge in [0.15, 0.2) is 5.15 Å². The van der Waals surface area contributed by atoms with Gasteiger partial charge in [-0.1, -0.05) is 58.7 Å². The Morgan fingerprint density at radius 1 is 1.14 bits per heavy atom. The number of carbonyl (C=O) groups is 2. The molecule has 1 fully saturated rings. The van der Waals surface area contributed by atoms with Crippen LogP contribution in [-0.4, -0.2) is 49.1 Å². The molecule has 0 aliphatic carbocycles. The Morgan fingerprint density at radius 3 is 2.62 bits per heavy atom. The number of cyclic esters (lactones) is 1. The third-order valence-electron chi connectivity index (χ3n) is 5.94. The highest BCUT2D eigenvalue weighted by Gasteiger charge is 2.32. The van der Waals surface area contributed by atoms with Crippen molar-refractivity contribution in [3.8, 4) is 16.9 Å². The molecule has 2 unspecified atom stereocenters. The summed E-state index contributed by atoms with van der Waals surface area (Å²) in [6.07, 6.45) is 3.43. The Hall–Kier alpha value is -4.02. The third kappa shape index (κ3) is 5.40. The van der Waals surface area contributed by atoms with Crippen LogP contribution in [0.2, 0.25) is 10.2 Å². The van der Waals surface area contributed by atoms with Crippen LogP contribution in [0.5, 0.6) is 0 Å². The summed E-state index contributed by atoms with van der Waals surface area (Å²) in [5.74, 6) is -0.973. The minimum Gasteiger partial charge on any atom is -0.464 e. The first kappa shape index (κ1) is 24.7. The zero-order chi connectivity index (χ0) is 25.9. The first-order valence-electron chi connectivity index (χ1n) is 11.4. The average molecular weight is 539 g/mol. The van der Waals surface area contributed by atoms with Crippen LogP contribution in [-0.2, 0) is 20.7 Å². The van der Waals surface area contributed by atoms with E-state index in [9.17, 15) is 14.4 Å². The third-order valence-corrected chi connectivity index (χ3v) is 6.35. The van der Waals surface area contributed by atoms with E-state index < -0.39 is 29.5 Å². The number of nitrogens with one attached hydrogen (secondary N) is 1. The minimum atomic E-state index is -0.946. The van der Waals surface area contributed by atoms with E-state index in [2.05, 4.69) is 20.6 Å². The van der Waals surface area contributed by atoms with E-state index in [1.54, 1.807) is 18.2 Å². The molecule has 10 nitrogen and oxygen atoms in total. The number of amides is 1. The molecule has 0 bridgehead atoms. The molecular formula is C25H20Cl2N6O4. The number of aromatic nitrogens is 5. The Balaban J connectivity index is 1.52. The van der Waals surface area contributed by atoms with E-state index in [0.717, 1.165) is 5.56 Å². The number of hydrogen-bond donors (Lipinski definition) is 1. The van der Waals surface area contributed by atoms with Gasteiger partial charge < -0.3 is 10.1 Å². The van der Waals surface area contributed by atoms with Crippen molar-refractivity contribution in [1.29, 1.82) is 0 Å². The molecule has 0 spiro atoms. The van der Waals surface area contributed by atoms with Gasteiger partial charge in [0.05, 0.1) is 30.5 Å². The monoisotopic (exact) mass is 538 g/mol. The van der Waals surface area contributed by atoms with Gasteiger partial charge in [0.25, 0.3) is 5.56 Å². The molecule has 12 heteroatoms. The zero-order valence-corrected chi connectivity index (χ0v) is 20.8. The SMILES string of the molecule is O=C1OCCC1NC(=O)C(Cc1ccccc1)n1cnc(-c2cc(Cl)ccc2-n2cc(Cl)nn2)cc1=O. The number of esters is 1. The average Bonchev–Trinajstić information content (AvgIpc) is 3.51. The lowest BCUT2D eigenvalue weighted by molar-refractivity contribution is -0.141. The summed E-state index contributed by atoms with van der Waals surface area (Å²) in [6, 6.07) is 13.9. The van der Waals surface area contributed by atoms with Crippen LogP contribution in [0.25, 0.3) is 16.9 Å². The van der Waals surface area contributed by atoms with Crippen molar-refractivity contribution in [3.05, 3.63) is 93.2 Å². The Morgan fingerprint density at radius 2 is 1.95 bits per heavy atom. The lowest BCUT2D eigenvalue weighted by Gasteiger charge is -2.21. The molecule has 2 aromatic heterocycles. The molecule has 37 heavy (non-hydrogen) atoms. The standard InChI is InChI=1S/C25H20Cl2N6O4/c26-16-6-7-20(33-13-22(27)30-31-33)17(11-16)19-12-23(34)32(14-28-19)21(10-15-4-2-1-3-5-15)24(35)29-18-8-9-37-25(18)36/h1-7,11-14,18,21H,8-10H2,(H,29,35). The van der Waals surface area contributed by atoms with E-state index in [1.807, 2.05) is 30.3 Å². The summed E-state index contributed by atoms with van der Waals surface area (Å²) < 4.78 is 7.66. The summed E-state index contributed by atoms with van der Waals surface area (Å²) >= 11 is 12.2. The molecule has 5 rings (SSSR count). The van der Waals surface area contributed by atoms with Gasteiger partial charge in [-0.25, -0.2) is 14.5 Å². The maximum absolute atomic E-state index is 13.4. The number of ether oxygens (including phenoxy) is 1. The lowest BCUT2D eigenvalue weighted by Crippen LogP contribution is -2.44. The van der Waals surface area contributed by atoms with Crippen LogP contribution in [0.15, 0.2) is 71.9 Å². The van der Waals surface area contributed by atoms with E-state index in [1.165, 1.54) is 27.8 Å². The highest BCUT2D eigenvalue weighted by Crippen LogP contribution is 2.28. The minimum absolute atomic E-state index is 0.199. The second kappa shape index (κ2) is 10.5. The van der Waals surface area contributed by atoms with Crippen molar-refractivity contribution in [1.82, 2.24) is 29.9 Å². The molecule has 1 aliphatic rings. The van der Waals surface area contributed by atoms with E-state index >= 15 is 0 Å². The number of halogens is 2. The molecule has 3 heterocycles. The van der Waals surface area contributed by atoms with Crippen molar-refractivity contribution in [2.24, 2.45) is 0 Å². The van der Waals surface area contributed by atoms with Gasteiger partial charge in [0, 0.05) is 29.5 Å². The van der Waals surface area contributed by atoms with E-state index in [0.29, 0.717) is 28.4 Å². The number of carbonyl (C=O) groups excluding carboxylic acids is 2. The fraction of sp³-hybridized carbons (Fsp3) is 0.200. The summed E-state index contributed by atoms with van der Waals surface area (Å²) in [4.78, 5) is 43.0. The van der Waals surface area contributed by atoms with Gasteiger partial charge in [0.1, 0.15) is 12.1 Å². The molecule has 0 saturated carbocycles. The van der Waals surface area contributed by atoms with Gasteiger partial charge >= 0.3 is 5.97 Å². The van der Waals surface area contributed by atoms with Crippen LogP contribution in [0.4, 0.5) is 0 Å². The predicted molar refractivity (Wildman–Crippen MR) is 136 cm³/mol. The van der Waals surface area contributed by atoms with Gasteiger partial charge in [-0.15, -0.1) is 5.10 Å². The van der Waals surface area contributed by atoms with Gasteiger partial charge in [-0.3, -0.25) is 14.2 Å². The number of hydrogen-bond acceptors (Lipinski definition) is 7. The number of benzene rings is 2. The van der Waals surface area contributed by atoms with Crippen LogP contribution in [0.3, 0.4) is 0 Å². The zero-order valence-electron chi connectivity index (χ0n) is 19.3. The normalized spacial score (nSPS) is 15.8. The first-order chi connectivity index (χ1) is 17.9. The van der Waals surface area contributed by atoms with Crippen molar-refractivity contribution in [2.75, 3.05) is 6.61 Å². The van der Waals surface area contributed by atoms with Crippen LogP contribution in [0, 0.1) is 0 Å². The smallest absolute Gasteiger partial charge is 0.328 e. The quantitative estimate of drug-likeness (QED) is 0.359.